The molecule has 0 saturated carbocycles. The number of halogens is 2. The Balaban J connectivity index is 1.82. The third-order valence-corrected chi connectivity index (χ3v) is 3.96. The van der Waals surface area contributed by atoms with Crippen LogP contribution in [0.4, 0.5) is 15.8 Å². The summed E-state index contributed by atoms with van der Waals surface area (Å²) in [4.78, 5) is 16.0. The first-order valence-corrected chi connectivity index (χ1v) is 7.91. The van der Waals surface area contributed by atoms with E-state index in [1.165, 1.54) is 30.0 Å². The highest BCUT2D eigenvalue weighted by Gasteiger charge is 2.08. The summed E-state index contributed by atoms with van der Waals surface area (Å²) in [7, 11) is 0. The Bertz CT molecular complexity index is 637. The molecule has 1 amide bonds. The molecule has 2 rings (SSSR count). The first kappa shape index (κ1) is 15.8. The fourth-order valence-electron chi connectivity index (χ4n) is 1.55. The van der Waals surface area contributed by atoms with Gasteiger partial charge < -0.3 is 11.1 Å². The lowest BCUT2D eigenvalue weighted by molar-refractivity contribution is -0.115. The van der Waals surface area contributed by atoms with Crippen molar-refractivity contribution in [1.82, 2.24) is 4.98 Å². The highest BCUT2D eigenvalue weighted by Crippen LogP contribution is 2.20. The summed E-state index contributed by atoms with van der Waals surface area (Å²) in [5, 5.41) is 3.35. The molecule has 0 radical (unpaired) electrons. The molecule has 4 nitrogen and oxygen atoms in total. The zero-order valence-electron chi connectivity index (χ0n) is 11.0. The van der Waals surface area contributed by atoms with Crippen LogP contribution in [0.3, 0.4) is 0 Å². The number of hydrogen-bond donors (Lipinski definition) is 2. The molecule has 0 aliphatic rings. The number of nitrogens with zero attached hydrogens (tertiary/aromatic N) is 1. The summed E-state index contributed by atoms with van der Waals surface area (Å²) in [5.74, 6) is -0.200. The number of aromatic nitrogens is 1. The minimum absolute atomic E-state index is 0.103. The van der Waals surface area contributed by atoms with Gasteiger partial charge in [0.1, 0.15) is 5.82 Å². The van der Waals surface area contributed by atoms with Crippen LogP contribution in [0.1, 0.15) is 6.42 Å². The van der Waals surface area contributed by atoms with E-state index in [1.54, 1.807) is 6.20 Å². The lowest BCUT2D eigenvalue weighted by Gasteiger charge is -2.07. The number of anilines is 2. The van der Waals surface area contributed by atoms with Crippen molar-refractivity contribution in [3.63, 3.8) is 0 Å². The van der Waals surface area contributed by atoms with Gasteiger partial charge in [-0.3, -0.25) is 4.79 Å². The number of rotatable bonds is 5. The van der Waals surface area contributed by atoms with Crippen molar-refractivity contribution in [1.29, 1.82) is 0 Å². The number of carbonyl (C=O) groups excluding carboxylic acids is 1. The second kappa shape index (κ2) is 7.42. The van der Waals surface area contributed by atoms with Gasteiger partial charge >= 0.3 is 0 Å². The second-order valence-corrected chi connectivity index (χ2v) is 6.23. The molecule has 1 aromatic carbocycles. The summed E-state index contributed by atoms with van der Waals surface area (Å²) in [6, 6.07) is 7.82. The number of nitrogen functional groups attached to an aromatic ring is 1. The van der Waals surface area contributed by atoms with Gasteiger partial charge in [-0.2, -0.15) is 0 Å². The molecule has 0 aliphatic carbocycles. The Morgan fingerprint density at radius 3 is 2.90 bits per heavy atom. The highest BCUT2D eigenvalue weighted by molar-refractivity contribution is 9.10. The van der Waals surface area contributed by atoms with E-state index < -0.39 is 5.82 Å². The normalized spacial score (nSPS) is 10.4. The van der Waals surface area contributed by atoms with E-state index in [9.17, 15) is 9.18 Å². The van der Waals surface area contributed by atoms with Crippen molar-refractivity contribution in [3.8, 4) is 0 Å². The van der Waals surface area contributed by atoms with Gasteiger partial charge in [0.25, 0.3) is 0 Å². The summed E-state index contributed by atoms with van der Waals surface area (Å²) >= 11 is 4.77. The Labute approximate surface area is 134 Å². The minimum Gasteiger partial charge on any atom is -0.399 e. The third kappa shape index (κ3) is 5.02. The molecule has 0 bridgehead atoms. The molecule has 110 valence electrons. The van der Waals surface area contributed by atoms with Gasteiger partial charge in [0.2, 0.25) is 5.91 Å². The van der Waals surface area contributed by atoms with Crippen LogP contribution in [0.15, 0.2) is 46.0 Å². The number of carbonyl (C=O) groups is 1. The monoisotopic (exact) mass is 369 g/mol. The maximum absolute atomic E-state index is 13.5. The largest absolute Gasteiger partial charge is 0.399 e. The quantitative estimate of drug-likeness (QED) is 0.622. The molecular weight excluding hydrogens is 357 g/mol. The molecule has 0 unspecified atom stereocenters. The molecule has 0 saturated heterocycles. The van der Waals surface area contributed by atoms with Crippen LogP contribution in [0.2, 0.25) is 0 Å². The van der Waals surface area contributed by atoms with E-state index in [1.807, 2.05) is 12.1 Å². The molecule has 7 heteroatoms. The van der Waals surface area contributed by atoms with Crippen LogP contribution < -0.4 is 11.1 Å². The van der Waals surface area contributed by atoms with Gasteiger partial charge in [0, 0.05) is 28.5 Å². The van der Waals surface area contributed by atoms with Crippen molar-refractivity contribution in [2.45, 2.75) is 11.4 Å². The molecule has 0 fully saturated rings. The van der Waals surface area contributed by atoms with Crippen molar-refractivity contribution in [3.05, 3.63) is 46.8 Å². The van der Waals surface area contributed by atoms with Crippen LogP contribution in [0.25, 0.3) is 0 Å². The van der Waals surface area contributed by atoms with Gasteiger partial charge in [0.05, 0.1) is 10.7 Å². The summed E-state index contributed by atoms with van der Waals surface area (Å²) < 4.78 is 14.4. The fourth-order valence-corrected chi connectivity index (χ4v) is 2.57. The fraction of sp³-hybridized carbons (Fsp3) is 0.143. The van der Waals surface area contributed by atoms with E-state index in [0.29, 0.717) is 11.4 Å². The molecule has 1 aromatic heterocycles. The van der Waals surface area contributed by atoms with Gasteiger partial charge in [0.15, 0.2) is 0 Å². The minimum atomic E-state index is -0.500. The Morgan fingerprint density at radius 2 is 2.19 bits per heavy atom. The number of nitrogens with one attached hydrogen (secondary N) is 1. The van der Waals surface area contributed by atoms with Crippen LogP contribution >= 0.6 is 27.7 Å². The average Bonchev–Trinajstić information content (AvgIpc) is 2.45. The Hall–Kier alpha value is -1.60. The van der Waals surface area contributed by atoms with Gasteiger partial charge in [-0.05, 0) is 46.3 Å². The van der Waals surface area contributed by atoms with E-state index >= 15 is 0 Å². The topological polar surface area (TPSA) is 68.0 Å². The van der Waals surface area contributed by atoms with Gasteiger partial charge in [-0.25, -0.2) is 9.37 Å². The molecule has 0 spiro atoms. The summed E-state index contributed by atoms with van der Waals surface area (Å²) in [5.41, 5.74) is 6.06. The standard InChI is InChI=1S/C14H13BrFN3OS/c15-9-1-4-14(18-8-9)21-6-5-13(20)19-12-7-10(17)2-3-11(12)16/h1-4,7-8H,5-6,17H2,(H,19,20). The van der Waals surface area contributed by atoms with Gasteiger partial charge in [-0.15, -0.1) is 11.8 Å². The van der Waals surface area contributed by atoms with E-state index in [2.05, 4.69) is 26.2 Å². The predicted molar refractivity (Wildman–Crippen MR) is 86.7 cm³/mol. The molecule has 0 atom stereocenters. The van der Waals surface area contributed by atoms with E-state index in [-0.39, 0.29) is 18.0 Å². The first-order chi connectivity index (χ1) is 10.0. The summed E-state index contributed by atoms with van der Waals surface area (Å²) in [6.07, 6.45) is 1.96. The van der Waals surface area contributed by atoms with Crippen molar-refractivity contribution in [2.75, 3.05) is 16.8 Å². The molecule has 3 N–H and O–H groups in total. The van der Waals surface area contributed by atoms with Crippen molar-refractivity contribution in [2.24, 2.45) is 0 Å². The summed E-state index contributed by atoms with van der Waals surface area (Å²) in [6.45, 7) is 0. The zero-order chi connectivity index (χ0) is 15.2. The van der Waals surface area contributed by atoms with Crippen LogP contribution in [-0.4, -0.2) is 16.6 Å². The number of hydrogen-bond acceptors (Lipinski definition) is 4. The number of thioether (sulfide) groups is 1. The molecular formula is C14H13BrFN3OS. The second-order valence-electron chi connectivity index (χ2n) is 4.20. The van der Waals surface area contributed by atoms with E-state index in [4.69, 9.17) is 5.73 Å². The Morgan fingerprint density at radius 1 is 1.38 bits per heavy atom. The third-order valence-electron chi connectivity index (χ3n) is 2.54. The SMILES string of the molecule is Nc1ccc(F)c(NC(=O)CCSc2ccc(Br)cn2)c1. The van der Waals surface area contributed by atoms with Gasteiger partial charge in [-0.1, -0.05) is 0 Å². The van der Waals surface area contributed by atoms with E-state index in [0.717, 1.165) is 9.50 Å². The number of benzene rings is 1. The van der Waals surface area contributed by atoms with Crippen LogP contribution in [0.5, 0.6) is 0 Å². The average molecular weight is 370 g/mol. The number of amides is 1. The molecule has 0 aliphatic heterocycles. The van der Waals surface area contributed by atoms with Crippen LogP contribution in [0, 0.1) is 5.82 Å². The molecule has 21 heavy (non-hydrogen) atoms. The predicted octanol–water partition coefficient (Wildman–Crippen LogP) is 3.69. The van der Waals surface area contributed by atoms with Crippen LogP contribution in [-0.2, 0) is 4.79 Å². The number of pyridine rings is 1. The maximum Gasteiger partial charge on any atom is 0.225 e. The number of nitrogens with two attached hydrogens (primary N) is 1. The van der Waals surface area contributed by atoms with Crippen molar-refractivity contribution < 1.29 is 9.18 Å². The first-order valence-electron chi connectivity index (χ1n) is 6.14. The molecule has 2 aromatic rings. The maximum atomic E-state index is 13.5. The zero-order valence-corrected chi connectivity index (χ0v) is 13.4. The van der Waals surface area contributed by atoms with Crippen molar-refractivity contribution >= 4 is 45.0 Å². The lowest BCUT2D eigenvalue weighted by atomic mass is 10.2. The highest BCUT2D eigenvalue weighted by atomic mass is 79.9. The lowest BCUT2D eigenvalue weighted by Crippen LogP contribution is -2.13. The Kier molecular flexibility index (Phi) is 5.58. The smallest absolute Gasteiger partial charge is 0.225 e. The molecule has 1 heterocycles.